The number of carbonyl (C=O) groups excluding carboxylic acids is 1. The van der Waals surface area contributed by atoms with E-state index in [9.17, 15) is 27.5 Å². The lowest BCUT2D eigenvalue weighted by molar-refractivity contribution is -0.272. The topological polar surface area (TPSA) is 49.8 Å². The highest BCUT2D eigenvalue weighted by molar-refractivity contribution is 5.76. The van der Waals surface area contributed by atoms with Gasteiger partial charge in [-0.3, -0.25) is 4.79 Å². The number of hydrogen-bond donors (Lipinski definition) is 1. The third-order valence-corrected chi connectivity index (χ3v) is 4.09. The van der Waals surface area contributed by atoms with Crippen LogP contribution in [0.1, 0.15) is 25.7 Å². The highest BCUT2D eigenvalue weighted by Gasteiger charge is 2.54. The molecule has 134 valence electrons. The van der Waals surface area contributed by atoms with Gasteiger partial charge in [-0.05, 0) is 30.7 Å². The Morgan fingerprint density at radius 2 is 1.79 bits per heavy atom. The summed E-state index contributed by atoms with van der Waals surface area (Å²) in [5, 5.41) is 9.56. The summed E-state index contributed by atoms with van der Waals surface area (Å²) in [7, 11) is 0. The fourth-order valence-corrected chi connectivity index (χ4v) is 2.51. The molecule has 2 rings (SSSR count). The van der Waals surface area contributed by atoms with E-state index in [4.69, 9.17) is 4.74 Å². The number of benzene rings is 1. The van der Waals surface area contributed by atoms with E-state index in [1.807, 2.05) is 0 Å². The third-order valence-electron chi connectivity index (χ3n) is 4.09. The first-order valence-electron chi connectivity index (χ1n) is 7.66. The van der Waals surface area contributed by atoms with Crippen molar-refractivity contribution in [3.63, 3.8) is 0 Å². The lowest BCUT2D eigenvalue weighted by Gasteiger charge is -2.39. The highest BCUT2D eigenvalue weighted by atomic mass is 19.4. The van der Waals surface area contributed by atoms with Crippen LogP contribution >= 0.6 is 0 Å². The van der Waals surface area contributed by atoms with Crippen LogP contribution in [0.2, 0.25) is 0 Å². The van der Waals surface area contributed by atoms with Crippen LogP contribution in [0.3, 0.4) is 0 Å². The van der Waals surface area contributed by atoms with E-state index < -0.39 is 24.6 Å². The molecular weight excluding hydrogens is 330 g/mol. The highest BCUT2D eigenvalue weighted by Crippen LogP contribution is 2.38. The van der Waals surface area contributed by atoms with Crippen molar-refractivity contribution < 1.29 is 32.2 Å². The number of piperidine rings is 1. The summed E-state index contributed by atoms with van der Waals surface area (Å²) in [6.45, 7) is 0.0129. The van der Waals surface area contributed by atoms with Crippen LogP contribution in [0.25, 0.3) is 0 Å². The lowest BCUT2D eigenvalue weighted by atomic mass is 9.90. The Bertz CT molecular complexity index is 551. The third kappa shape index (κ3) is 4.59. The number of likely N-dealkylation sites (tertiary alicyclic amines) is 1. The standard InChI is InChI=1S/C16H19F4NO3/c17-12-3-5-13(6-4-12)24-11-1-2-14(22)21-9-7-15(23,8-10-21)16(18,19)20/h3-6,23H,1-2,7-11H2. The Balaban J connectivity index is 1.69. The summed E-state index contributed by atoms with van der Waals surface area (Å²) in [4.78, 5) is 13.3. The van der Waals surface area contributed by atoms with Crippen molar-refractivity contribution in [2.45, 2.75) is 37.5 Å². The van der Waals surface area contributed by atoms with Crippen LogP contribution in [0, 0.1) is 5.82 Å². The molecular formula is C16H19F4NO3. The van der Waals surface area contributed by atoms with Gasteiger partial charge in [0.05, 0.1) is 6.61 Å². The van der Waals surface area contributed by atoms with Gasteiger partial charge in [0.1, 0.15) is 11.6 Å². The van der Waals surface area contributed by atoms with Gasteiger partial charge in [0.15, 0.2) is 5.60 Å². The lowest BCUT2D eigenvalue weighted by Crippen LogP contribution is -2.54. The summed E-state index contributed by atoms with van der Waals surface area (Å²) in [5.74, 6) is -0.152. The van der Waals surface area contributed by atoms with Gasteiger partial charge in [-0.1, -0.05) is 0 Å². The maximum atomic E-state index is 12.7. The molecule has 1 N–H and O–H groups in total. The number of nitrogens with zero attached hydrogens (tertiary/aromatic N) is 1. The molecule has 4 nitrogen and oxygen atoms in total. The largest absolute Gasteiger partial charge is 0.494 e. The van der Waals surface area contributed by atoms with Crippen LogP contribution in [-0.2, 0) is 4.79 Å². The number of aliphatic hydroxyl groups is 1. The summed E-state index contributed by atoms with van der Waals surface area (Å²) in [6, 6.07) is 5.46. The van der Waals surface area contributed by atoms with Crippen molar-refractivity contribution in [3.05, 3.63) is 30.1 Å². The fourth-order valence-electron chi connectivity index (χ4n) is 2.51. The van der Waals surface area contributed by atoms with Crippen molar-refractivity contribution in [1.82, 2.24) is 4.90 Å². The minimum absolute atomic E-state index is 0.117. The van der Waals surface area contributed by atoms with E-state index in [1.54, 1.807) is 0 Å². The van der Waals surface area contributed by atoms with E-state index in [0.717, 1.165) is 0 Å². The number of halogens is 4. The molecule has 1 aliphatic rings. The van der Waals surface area contributed by atoms with Crippen LogP contribution in [0.4, 0.5) is 17.6 Å². The van der Waals surface area contributed by atoms with Gasteiger partial charge < -0.3 is 14.7 Å². The molecule has 1 heterocycles. The van der Waals surface area contributed by atoms with Gasteiger partial charge in [0, 0.05) is 32.4 Å². The molecule has 0 unspecified atom stereocenters. The molecule has 0 spiro atoms. The average molecular weight is 349 g/mol. The van der Waals surface area contributed by atoms with Crippen LogP contribution in [0.5, 0.6) is 5.75 Å². The Hall–Kier alpha value is -1.83. The second kappa shape index (κ2) is 7.38. The normalized spacial score (nSPS) is 17.6. The summed E-state index contributed by atoms with van der Waals surface area (Å²) in [5.41, 5.74) is -2.70. The number of amides is 1. The van der Waals surface area contributed by atoms with Gasteiger partial charge in [0.25, 0.3) is 0 Å². The SMILES string of the molecule is O=C(CCCOc1ccc(F)cc1)N1CCC(O)(C(F)(F)F)CC1. The number of rotatable bonds is 5. The van der Waals surface area contributed by atoms with Crippen LogP contribution in [0.15, 0.2) is 24.3 Å². The molecule has 0 atom stereocenters. The monoisotopic (exact) mass is 349 g/mol. The van der Waals surface area contributed by atoms with Crippen LogP contribution < -0.4 is 4.74 Å². The van der Waals surface area contributed by atoms with E-state index in [0.29, 0.717) is 12.2 Å². The first-order valence-corrected chi connectivity index (χ1v) is 7.66. The van der Waals surface area contributed by atoms with Crippen molar-refractivity contribution in [2.75, 3.05) is 19.7 Å². The number of alkyl halides is 3. The minimum atomic E-state index is -4.68. The molecule has 0 saturated carbocycles. The molecule has 1 fully saturated rings. The van der Waals surface area contributed by atoms with Crippen molar-refractivity contribution in [2.24, 2.45) is 0 Å². The summed E-state index contributed by atoms with van der Waals surface area (Å²) < 4.78 is 56.2. The zero-order valence-corrected chi connectivity index (χ0v) is 13.0. The number of carbonyl (C=O) groups is 1. The molecule has 1 aliphatic heterocycles. The van der Waals surface area contributed by atoms with Gasteiger partial charge in [0.2, 0.25) is 5.91 Å². The maximum Gasteiger partial charge on any atom is 0.417 e. The smallest absolute Gasteiger partial charge is 0.417 e. The maximum absolute atomic E-state index is 12.7. The summed E-state index contributed by atoms with van der Waals surface area (Å²) in [6.07, 6.45) is -5.14. The second-order valence-electron chi connectivity index (χ2n) is 5.82. The Kier molecular flexibility index (Phi) is 5.69. The minimum Gasteiger partial charge on any atom is -0.494 e. The van der Waals surface area contributed by atoms with E-state index >= 15 is 0 Å². The molecule has 0 radical (unpaired) electrons. The zero-order valence-electron chi connectivity index (χ0n) is 13.0. The Labute approximate surface area is 137 Å². The van der Waals surface area contributed by atoms with Crippen LogP contribution in [-0.4, -0.2) is 47.4 Å². The Morgan fingerprint density at radius 1 is 1.21 bits per heavy atom. The van der Waals surface area contributed by atoms with Gasteiger partial charge in [-0.2, -0.15) is 13.2 Å². The molecule has 1 amide bonds. The number of hydrogen-bond acceptors (Lipinski definition) is 3. The van der Waals surface area contributed by atoms with Gasteiger partial charge in [-0.15, -0.1) is 0 Å². The quantitative estimate of drug-likeness (QED) is 0.657. The first kappa shape index (κ1) is 18.5. The average Bonchev–Trinajstić information content (AvgIpc) is 2.52. The van der Waals surface area contributed by atoms with Crippen molar-refractivity contribution >= 4 is 5.91 Å². The summed E-state index contributed by atoms with van der Waals surface area (Å²) >= 11 is 0. The molecule has 0 bridgehead atoms. The van der Waals surface area contributed by atoms with Crippen molar-refractivity contribution in [1.29, 1.82) is 0 Å². The molecule has 1 saturated heterocycles. The first-order chi connectivity index (χ1) is 11.2. The van der Waals surface area contributed by atoms with E-state index in [-0.39, 0.29) is 37.8 Å². The molecule has 1 aromatic rings. The zero-order chi connectivity index (χ0) is 17.8. The van der Waals surface area contributed by atoms with E-state index in [1.165, 1.54) is 29.2 Å². The van der Waals surface area contributed by atoms with Crippen molar-refractivity contribution in [3.8, 4) is 5.75 Å². The van der Waals surface area contributed by atoms with Gasteiger partial charge >= 0.3 is 6.18 Å². The molecule has 24 heavy (non-hydrogen) atoms. The van der Waals surface area contributed by atoms with Gasteiger partial charge in [-0.25, -0.2) is 4.39 Å². The number of ether oxygens (including phenoxy) is 1. The predicted octanol–water partition coefficient (Wildman–Crippen LogP) is 2.90. The predicted molar refractivity (Wildman–Crippen MR) is 77.9 cm³/mol. The molecule has 0 aromatic heterocycles. The molecule has 1 aromatic carbocycles. The molecule has 0 aliphatic carbocycles. The Morgan fingerprint density at radius 3 is 2.33 bits per heavy atom. The second-order valence-corrected chi connectivity index (χ2v) is 5.82. The molecule has 8 heteroatoms. The fraction of sp³-hybridized carbons (Fsp3) is 0.562. The van der Waals surface area contributed by atoms with E-state index in [2.05, 4.69) is 0 Å².